The zero-order valence-corrected chi connectivity index (χ0v) is 13.6. The molecule has 2 aromatic rings. The van der Waals surface area contributed by atoms with Crippen LogP contribution in [-0.2, 0) is 6.42 Å². The van der Waals surface area contributed by atoms with Crippen molar-refractivity contribution >= 4 is 17.5 Å². The van der Waals surface area contributed by atoms with E-state index in [2.05, 4.69) is 17.6 Å². The normalized spacial score (nSPS) is 10.2. The molecule has 0 saturated carbocycles. The van der Waals surface area contributed by atoms with Crippen molar-refractivity contribution in [3.05, 3.63) is 65.2 Å². The van der Waals surface area contributed by atoms with Crippen LogP contribution >= 0.6 is 0 Å². The summed E-state index contributed by atoms with van der Waals surface area (Å²) in [6, 6.07) is 14.4. The number of carbonyl (C=O) groups excluding carboxylic acids is 2. The van der Waals surface area contributed by atoms with Gasteiger partial charge in [0.15, 0.2) is 0 Å². The fraction of sp³-hybridized carbons (Fsp3) is 0.263. The molecule has 0 bridgehead atoms. The fourth-order valence-electron chi connectivity index (χ4n) is 2.26. The van der Waals surface area contributed by atoms with Gasteiger partial charge in [-0.1, -0.05) is 32.0 Å². The summed E-state index contributed by atoms with van der Waals surface area (Å²) in [5.74, 6) is -0.290. The predicted octanol–water partition coefficient (Wildman–Crippen LogP) is 3.64. The maximum absolute atomic E-state index is 12.3. The number of carbonyl (C=O) groups is 2. The summed E-state index contributed by atoms with van der Waals surface area (Å²) in [5, 5.41) is 5.73. The first-order chi connectivity index (χ1) is 11.2. The molecule has 2 N–H and O–H groups in total. The number of aryl methyl sites for hydroxylation is 1. The first-order valence-electron chi connectivity index (χ1n) is 7.93. The molecule has 2 aromatic carbocycles. The molecule has 0 spiro atoms. The molecule has 0 aliphatic heterocycles. The second-order valence-corrected chi connectivity index (χ2v) is 5.30. The Labute approximate surface area is 136 Å². The van der Waals surface area contributed by atoms with Crippen LogP contribution in [0.15, 0.2) is 48.5 Å². The molecule has 23 heavy (non-hydrogen) atoms. The van der Waals surface area contributed by atoms with Crippen LogP contribution in [0.1, 0.15) is 46.5 Å². The van der Waals surface area contributed by atoms with Gasteiger partial charge in [-0.05, 0) is 48.7 Å². The minimum absolute atomic E-state index is 0.116. The van der Waals surface area contributed by atoms with E-state index in [1.807, 2.05) is 31.2 Å². The van der Waals surface area contributed by atoms with E-state index >= 15 is 0 Å². The van der Waals surface area contributed by atoms with Crippen LogP contribution in [0.2, 0.25) is 0 Å². The van der Waals surface area contributed by atoms with Crippen molar-refractivity contribution in [3.63, 3.8) is 0 Å². The number of hydrogen-bond donors (Lipinski definition) is 2. The van der Waals surface area contributed by atoms with Gasteiger partial charge in [0, 0.05) is 23.4 Å². The molecule has 0 aliphatic carbocycles. The Morgan fingerprint density at radius 3 is 2.09 bits per heavy atom. The van der Waals surface area contributed by atoms with Crippen LogP contribution < -0.4 is 10.6 Å². The summed E-state index contributed by atoms with van der Waals surface area (Å²) in [6.45, 7) is 4.70. The summed E-state index contributed by atoms with van der Waals surface area (Å²) in [7, 11) is 0. The monoisotopic (exact) mass is 310 g/mol. The van der Waals surface area contributed by atoms with Gasteiger partial charge in [0.2, 0.25) is 0 Å². The summed E-state index contributed by atoms with van der Waals surface area (Å²) in [6.07, 6.45) is 1.75. The quantitative estimate of drug-likeness (QED) is 0.856. The summed E-state index contributed by atoms with van der Waals surface area (Å²) >= 11 is 0. The molecule has 2 rings (SSSR count). The molecule has 4 heteroatoms. The highest BCUT2D eigenvalue weighted by Crippen LogP contribution is 2.17. The maximum atomic E-state index is 12.3. The van der Waals surface area contributed by atoms with Gasteiger partial charge >= 0.3 is 0 Å². The lowest BCUT2D eigenvalue weighted by Crippen LogP contribution is -2.24. The summed E-state index contributed by atoms with van der Waals surface area (Å²) in [4.78, 5) is 24.2. The van der Waals surface area contributed by atoms with Gasteiger partial charge in [-0.3, -0.25) is 9.59 Å². The van der Waals surface area contributed by atoms with Crippen LogP contribution in [0.4, 0.5) is 5.69 Å². The minimum atomic E-state index is -0.175. The zero-order valence-electron chi connectivity index (χ0n) is 13.6. The Balaban J connectivity index is 2.07. The van der Waals surface area contributed by atoms with Crippen molar-refractivity contribution in [3.8, 4) is 0 Å². The van der Waals surface area contributed by atoms with Crippen LogP contribution in [0.3, 0.4) is 0 Å². The zero-order chi connectivity index (χ0) is 16.7. The Morgan fingerprint density at radius 2 is 1.48 bits per heavy atom. The van der Waals surface area contributed by atoms with Gasteiger partial charge in [0.1, 0.15) is 0 Å². The van der Waals surface area contributed by atoms with Crippen molar-refractivity contribution in [2.45, 2.75) is 26.7 Å². The molecule has 0 radical (unpaired) electrons. The molecule has 0 unspecified atom stereocenters. The van der Waals surface area contributed by atoms with E-state index in [1.54, 1.807) is 24.3 Å². The Hall–Kier alpha value is -2.62. The van der Waals surface area contributed by atoms with Crippen LogP contribution in [0, 0.1) is 0 Å². The molecule has 2 amide bonds. The smallest absolute Gasteiger partial charge is 0.255 e. The van der Waals surface area contributed by atoms with Crippen molar-refractivity contribution in [1.82, 2.24) is 5.32 Å². The van der Waals surface area contributed by atoms with Gasteiger partial charge in [0.25, 0.3) is 11.8 Å². The molecular weight excluding hydrogens is 288 g/mol. The third kappa shape index (κ3) is 4.42. The molecule has 0 aliphatic rings. The maximum Gasteiger partial charge on any atom is 0.255 e. The van der Waals surface area contributed by atoms with Crippen LogP contribution in [0.25, 0.3) is 0 Å². The highest BCUT2D eigenvalue weighted by Gasteiger charge is 2.10. The van der Waals surface area contributed by atoms with E-state index in [4.69, 9.17) is 0 Å². The highest BCUT2D eigenvalue weighted by molar-refractivity contribution is 6.05. The number of amides is 2. The first kappa shape index (κ1) is 16.7. The number of para-hydroxylation sites is 1. The molecule has 0 fully saturated rings. The average Bonchev–Trinajstić information content (AvgIpc) is 2.60. The van der Waals surface area contributed by atoms with Gasteiger partial charge in [-0.2, -0.15) is 0 Å². The van der Waals surface area contributed by atoms with Crippen LogP contribution in [-0.4, -0.2) is 18.4 Å². The van der Waals surface area contributed by atoms with E-state index in [0.717, 1.165) is 24.1 Å². The second kappa shape index (κ2) is 8.13. The molecule has 0 aromatic heterocycles. The minimum Gasteiger partial charge on any atom is -0.352 e. The Kier molecular flexibility index (Phi) is 5.92. The standard InChI is InChI=1S/C19H22N2O2/c1-3-13-20-18(22)15-9-11-16(12-10-15)19(23)21-17-8-6-5-7-14(17)4-2/h5-12H,3-4,13H2,1-2H3,(H,20,22)(H,21,23). The number of hydrogen-bond acceptors (Lipinski definition) is 2. The first-order valence-corrected chi connectivity index (χ1v) is 7.93. The van der Waals surface area contributed by atoms with Crippen LogP contribution in [0.5, 0.6) is 0 Å². The van der Waals surface area contributed by atoms with Crippen molar-refractivity contribution in [1.29, 1.82) is 0 Å². The largest absolute Gasteiger partial charge is 0.352 e. The number of rotatable bonds is 6. The second-order valence-electron chi connectivity index (χ2n) is 5.30. The molecule has 120 valence electrons. The molecule has 0 atom stereocenters. The van der Waals surface area contributed by atoms with E-state index in [1.165, 1.54) is 0 Å². The molecule has 0 heterocycles. The highest BCUT2D eigenvalue weighted by atomic mass is 16.2. The topological polar surface area (TPSA) is 58.2 Å². The van der Waals surface area contributed by atoms with Gasteiger partial charge < -0.3 is 10.6 Å². The van der Waals surface area contributed by atoms with Gasteiger partial charge in [-0.25, -0.2) is 0 Å². The summed E-state index contributed by atoms with van der Waals surface area (Å²) in [5.41, 5.74) is 3.01. The van der Waals surface area contributed by atoms with Gasteiger partial charge in [0.05, 0.1) is 0 Å². The molecular formula is C19H22N2O2. The lowest BCUT2D eigenvalue weighted by Gasteiger charge is -2.10. The Bertz CT molecular complexity index is 678. The van der Waals surface area contributed by atoms with Crippen molar-refractivity contribution in [2.75, 3.05) is 11.9 Å². The lowest BCUT2D eigenvalue weighted by molar-refractivity contribution is 0.0951. The third-order valence-corrected chi connectivity index (χ3v) is 3.59. The lowest BCUT2D eigenvalue weighted by atomic mass is 10.1. The van der Waals surface area contributed by atoms with E-state index < -0.39 is 0 Å². The predicted molar refractivity (Wildman–Crippen MR) is 92.8 cm³/mol. The SMILES string of the molecule is CCCNC(=O)c1ccc(C(=O)Nc2ccccc2CC)cc1. The van der Waals surface area contributed by atoms with E-state index in [0.29, 0.717) is 17.7 Å². The van der Waals surface area contributed by atoms with E-state index in [-0.39, 0.29) is 11.8 Å². The number of anilines is 1. The van der Waals surface area contributed by atoms with E-state index in [9.17, 15) is 9.59 Å². The van der Waals surface area contributed by atoms with Crippen molar-refractivity contribution < 1.29 is 9.59 Å². The number of benzene rings is 2. The molecule has 4 nitrogen and oxygen atoms in total. The molecule has 0 saturated heterocycles. The Morgan fingerprint density at radius 1 is 0.870 bits per heavy atom. The van der Waals surface area contributed by atoms with Crippen molar-refractivity contribution in [2.24, 2.45) is 0 Å². The number of nitrogens with one attached hydrogen (secondary N) is 2. The van der Waals surface area contributed by atoms with Gasteiger partial charge in [-0.15, -0.1) is 0 Å². The fourth-order valence-corrected chi connectivity index (χ4v) is 2.26. The average molecular weight is 310 g/mol. The summed E-state index contributed by atoms with van der Waals surface area (Å²) < 4.78 is 0. The third-order valence-electron chi connectivity index (χ3n) is 3.59.